The first-order valence-corrected chi connectivity index (χ1v) is 7.29. The minimum absolute atomic E-state index is 0.101. The third-order valence-electron chi connectivity index (χ3n) is 4.17. The van der Waals surface area contributed by atoms with Crippen LogP contribution in [0.25, 0.3) is 0 Å². The highest BCUT2D eigenvalue weighted by Crippen LogP contribution is 2.36. The van der Waals surface area contributed by atoms with E-state index in [1.54, 1.807) is 30.1 Å². The van der Waals surface area contributed by atoms with E-state index < -0.39 is 6.10 Å². The summed E-state index contributed by atoms with van der Waals surface area (Å²) in [5, 5.41) is 9.56. The van der Waals surface area contributed by atoms with Crippen molar-refractivity contribution in [3.63, 3.8) is 0 Å². The normalized spacial score (nSPS) is 17.1. The fraction of sp³-hybridized carbons (Fsp3) is 0.278. The molecule has 1 aliphatic rings. The second-order valence-electron chi connectivity index (χ2n) is 5.78. The zero-order valence-corrected chi connectivity index (χ0v) is 13.0. The van der Waals surface area contributed by atoms with Gasteiger partial charge in [0.05, 0.1) is 5.69 Å². The molecule has 1 N–H and O–H groups in total. The SMILES string of the molecule is Cc1ccc(CC2Oc3ccc(O)cc3N(C)C2=O)cc1C. The molecule has 0 spiro atoms. The quantitative estimate of drug-likeness (QED) is 0.927. The first kappa shape index (κ1) is 14.4. The number of carbonyl (C=O) groups excluding carboxylic acids is 1. The lowest BCUT2D eigenvalue weighted by Gasteiger charge is -2.32. The Morgan fingerprint density at radius 3 is 2.64 bits per heavy atom. The van der Waals surface area contributed by atoms with E-state index in [2.05, 4.69) is 26.0 Å². The number of rotatable bonds is 2. The third kappa shape index (κ3) is 2.52. The van der Waals surface area contributed by atoms with Crippen LogP contribution < -0.4 is 9.64 Å². The largest absolute Gasteiger partial charge is 0.508 e. The van der Waals surface area contributed by atoms with Gasteiger partial charge in [-0.05, 0) is 42.7 Å². The average Bonchev–Trinajstić information content (AvgIpc) is 2.49. The van der Waals surface area contributed by atoms with Crippen molar-refractivity contribution in [2.45, 2.75) is 26.4 Å². The third-order valence-corrected chi connectivity index (χ3v) is 4.17. The van der Waals surface area contributed by atoms with Crippen LogP contribution in [-0.4, -0.2) is 24.2 Å². The van der Waals surface area contributed by atoms with Gasteiger partial charge in [-0.15, -0.1) is 0 Å². The standard InChI is InChI=1S/C18H19NO3/c1-11-4-5-13(8-12(11)2)9-17-18(21)19(3)15-10-14(20)6-7-16(15)22-17/h4-8,10,17,20H,9H2,1-3H3. The number of ether oxygens (including phenoxy) is 1. The Labute approximate surface area is 130 Å². The van der Waals surface area contributed by atoms with Gasteiger partial charge >= 0.3 is 0 Å². The molecule has 1 atom stereocenters. The average molecular weight is 297 g/mol. The van der Waals surface area contributed by atoms with Crippen molar-refractivity contribution in [2.24, 2.45) is 0 Å². The van der Waals surface area contributed by atoms with Crippen LogP contribution in [0.2, 0.25) is 0 Å². The van der Waals surface area contributed by atoms with Crippen molar-refractivity contribution in [1.29, 1.82) is 0 Å². The van der Waals surface area contributed by atoms with Crippen LogP contribution in [-0.2, 0) is 11.2 Å². The van der Waals surface area contributed by atoms with Crippen molar-refractivity contribution in [3.05, 3.63) is 53.1 Å². The van der Waals surface area contributed by atoms with Gasteiger partial charge < -0.3 is 14.7 Å². The highest BCUT2D eigenvalue weighted by atomic mass is 16.5. The number of likely N-dealkylation sites (N-methyl/N-ethyl adjacent to an activating group) is 1. The Bertz CT molecular complexity index is 739. The summed E-state index contributed by atoms with van der Waals surface area (Å²) >= 11 is 0. The summed E-state index contributed by atoms with van der Waals surface area (Å²) in [7, 11) is 1.70. The maximum atomic E-state index is 12.5. The van der Waals surface area contributed by atoms with Crippen molar-refractivity contribution in [1.82, 2.24) is 0 Å². The number of hydrogen-bond acceptors (Lipinski definition) is 3. The maximum Gasteiger partial charge on any atom is 0.268 e. The Kier molecular flexibility index (Phi) is 3.53. The van der Waals surface area contributed by atoms with Gasteiger partial charge in [0.25, 0.3) is 5.91 Å². The first-order chi connectivity index (χ1) is 10.5. The van der Waals surface area contributed by atoms with Crippen LogP contribution in [0, 0.1) is 13.8 Å². The molecule has 0 fully saturated rings. The van der Waals surface area contributed by atoms with E-state index in [9.17, 15) is 9.90 Å². The molecule has 2 aromatic rings. The molecule has 0 bridgehead atoms. The number of phenolic OH excluding ortho intramolecular Hbond substituents is 1. The lowest BCUT2D eigenvalue weighted by atomic mass is 10.0. The molecule has 1 amide bonds. The molecule has 22 heavy (non-hydrogen) atoms. The number of aryl methyl sites for hydroxylation is 2. The molecule has 2 aromatic carbocycles. The van der Waals surface area contributed by atoms with Crippen LogP contribution in [0.1, 0.15) is 16.7 Å². The van der Waals surface area contributed by atoms with Gasteiger partial charge in [-0.2, -0.15) is 0 Å². The molecule has 0 aliphatic carbocycles. The topological polar surface area (TPSA) is 49.8 Å². The van der Waals surface area contributed by atoms with E-state index in [1.165, 1.54) is 11.1 Å². The summed E-state index contributed by atoms with van der Waals surface area (Å²) in [6.45, 7) is 4.13. The summed E-state index contributed by atoms with van der Waals surface area (Å²) in [5.74, 6) is 0.639. The monoisotopic (exact) mass is 297 g/mol. The number of anilines is 1. The number of hydrogen-bond donors (Lipinski definition) is 1. The fourth-order valence-corrected chi connectivity index (χ4v) is 2.68. The van der Waals surface area contributed by atoms with Crippen LogP contribution >= 0.6 is 0 Å². The van der Waals surface area contributed by atoms with E-state index in [0.29, 0.717) is 17.9 Å². The lowest BCUT2D eigenvalue weighted by molar-refractivity contribution is -0.125. The molecule has 0 aromatic heterocycles. The van der Waals surface area contributed by atoms with E-state index in [-0.39, 0.29) is 11.7 Å². The summed E-state index contributed by atoms with van der Waals surface area (Å²) in [4.78, 5) is 14.0. The van der Waals surface area contributed by atoms with Crippen LogP contribution in [0.4, 0.5) is 5.69 Å². The van der Waals surface area contributed by atoms with Crippen molar-refractivity contribution < 1.29 is 14.6 Å². The van der Waals surface area contributed by atoms with Gasteiger partial charge in [0.15, 0.2) is 6.10 Å². The fourth-order valence-electron chi connectivity index (χ4n) is 2.68. The number of nitrogens with zero attached hydrogens (tertiary/aromatic N) is 1. The van der Waals surface area contributed by atoms with Gasteiger partial charge in [-0.1, -0.05) is 18.2 Å². The number of amides is 1. The van der Waals surface area contributed by atoms with E-state index >= 15 is 0 Å². The molecule has 1 heterocycles. The van der Waals surface area contributed by atoms with Gasteiger partial charge in [-0.25, -0.2) is 0 Å². The Hall–Kier alpha value is -2.49. The van der Waals surface area contributed by atoms with Gasteiger partial charge in [0.2, 0.25) is 0 Å². The summed E-state index contributed by atoms with van der Waals surface area (Å²) < 4.78 is 5.84. The smallest absolute Gasteiger partial charge is 0.268 e. The molecule has 4 heteroatoms. The number of phenols is 1. The van der Waals surface area contributed by atoms with E-state index in [1.807, 2.05) is 6.07 Å². The minimum Gasteiger partial charge on any atom is -0.508 e. The Morgan fingerprint density at radius 1 is 1.14 bits per heavy atom. The molecule has 1 unspecified atom stereocenters. The van der Waals surface area contributed by atoms with Crippen molar-refractivity contribution in [3.8, 4) is 11.5 Å². The summed E-state index contributed by atoms with van der Waals surface area (Å²) in [5.41, 5.74) is 4.12. The molecule has 0 radical (unpaired) electrons. The molecule has 0 saturated heterocycles. The molecule has 4 nitrogen and oxygen atoms in total. The first-order valence-electron chi connectivity index (χ1n) is 7.29. The molecular weight excluding hydrogens is 278 g/mol. The van der Waals surface area contributed by atoms with Gasteiger partial charge in [-0.3, -0.25) is 4.79 Å². The zero-order chi connectivity index (χ0) is 15.9. The molecular formula is C18H19NO3. The highest BCUT2D eigenvalue weighted by molar-refractivity contribution is 5.99. The minimum atomic E-state index is -0.538. The number of aromatic hydroxyl groups is 1. The van der Waals surface area contributed by atoms with Crippen LogP contribution in [0.5, 0.6) is 11.5 Å². The predicted molar refractivity (Wildman–Crippen MR) is 85.6 cm³/mol. The molecule has 0 saturated carbocycles. The highest BCUT2D eigenvalue weighted by Gasteiger charge is 2.32. The molecule has 1 aliphatic heterocycles. The number of carbonyl (C=O) groups is 1. The van der Waals surface area contributed by atoms with Crippen molar-refractivity contribution >= 4 is 11.6 Å². The Morgan fingerprint density at radius 2 is 1.91 bits per heavy atom. The van der Waals surface area contributed by atoms with Crippen LogP contribution in [0.15, 0.2) is 36.4 Å². The number of benzene rings is 2. The molecule has 114 valence electrons. The second kappa shape index (κ2) is 5.37. The van der Waals surface area contributed by atoms with E-state index in [0.717, 1.165) is 5.56 Å². The number of fused-ring (bicyclic) bond motifs is 1. The van der Waals surface area contributed by atoms with Crippen molar-refractivity contribution in [2.75, 3.05) is 11.9 Å². The maximum absolute atomic E-state index is 12.5. The summed E-state index contributed by atoms with van der Waals surface area (Å²) in [6, 6.07) is 11.0. The lowest BCUT2D eigenvalue weighted by Crippen LogP contribution is -2.44. The van der Waals surface area contributed by atoms with Gasteiger partial charge in [0.1, 0.15) is 11.5 Å². The summed E-state index contributed by atoms with van der Waals surface area (Å²) in [6.07, 6.45) is -0.00547. The second-order valence-corrected chi connectivity index (χ2v) is 5.78. The molecule has 3 rings (SSSR count). The zero-order valence-electron chi connectivity index (χ0n) is 13.0. The van der Waals surface area contributed by atoms with Crippen LogP contribution in [0.3, 0.4) is 0 Å². The van der Waals surface area contributed by atoms with E-state index in [4.69, 9.17) is 4.74 Å². The predicted octanol–water partition coefficient (Wildman–Crippen LogP) is 2.98. The van der Waals surface area contributed by atoms with Gasteiger partial charge in [0, 0.05) is 19.5 Å². The Balaban J connectivity index is 1.88.